The molecule has 1 N–H and O–H groups in total. The Balaban J connectivity index is 1.95. The molecule has 4 unspecified atom stereocenters. The highest BCUT2D eigenvalue weighted by Gasteiger charge is 2.45. The van der Waals surface area contributed by atoms with E-state index in [1.54, 1.807) is 0 Å². The fourth-order valence-electron chi connectivity index (χ4n) is 4.97. The third-order valence-corrected chi connectivity index (χ3v) is 5.56. The highest BCUT2D eigenvalue weighted by Crippen LogP contribution is 2.54. The molecular formula is C18H26O. The van der Waals surface area contributed by atoms with Gasteiger partial charge in [-0.15, -0.1) is 0 Å². The van der Waals surface area contributed by atoms with E-state index < -0.39 is 0 Å². The molecule has 0 aliphatic heterocycles. The van der Waals surface area contributed by atoms with E-state index in [-0.39, 0.29) is 0 Å². The van der Waals surface area contributed by atoms with Crippen molar-refractivity contribution in [2.75, 3.05) is 0 Å². The van der Waals surface area contributed by atoms with Crippen LogP contribution in [0.4, 0.5) is 0 Å². The summed E-state index contributed by atoms with van der Waals surface area (Å²) in [7, 11) is 0. The fourth-order valence-corrected chi connectivity index (χ4v) is 4.97. The molecule has 4 atom stereocenters. The number of benzene rings is 1. The van der Waals surface area contributed by atoms with Crippen molar-refractivity contribution in [3.63, 3.8) is 0 Å². The van der Waals surface area contributed by atoms with E-state index in [9.17, 15) is 5.11 Å². The van der Waals surface area contributed by atoms with Crippen LogP contribution in [0.5, 0.6) is 5.75 Å². The van der Waals surface area contributed by atoms with Crippen molar-refractivity contribution in [2.24, 2.45) is 17.8 Å². The van der Waals surface area contributed by atoms with Gasteiger partial charge in [0.2, 0.25) is 0 Å². The molecule has 1 nitrogen and oxygen atoms in total. The zero-order valence-corrected chi connectivity index (χ0v) is 12.2. The molecule has 0 radical (unpaired) electrons. The highest BCUT2D eigenvalue weighted by atomic mass is 16.3. The predicted molar refractivity (Wildman–Crippen MR) is 79.3 cm³/mol. The Morgan fingerprint density at radius 1 is 1.11 bits per heavy atom. The molecule has 0 amide bonds. The highest BCUT2D eigenvalue weighted by molar-refractivity contribution is 5.33. The van der Waals surface area contributed by atoms with Gasteiger partial charge in [-0.25, -0.2) is 0 Å². The molecule has 0 spiro atoms. The van der Waals surface area contributed by atoms with Gasteiger partial charge in [0.25, 0.3) is 0 Å². The summed E-state index contributed by atoms with van der Waals surface area (Å²) < 4.78 is 0. The standard InChI is InChI=1S/C18H26O/c1-3-14-9-15-8-13(2)10-18(11-14,12-15)16-4-6-17(19)7-5-16/h4-7,13-15,19H,3,8-12H2,1-2H3. The minimum atomic E-state index is 0.392. The smallest absolute Gasteiger partial charge is 0.115 e. The molecular weight excluding hydrogens is 232 g/mol. The number of aromatic hydroxyl groups is 1. The van der Waals surface area contributed by atoms with Gasteiger partial charge in [0.15, 0.2) is 0 Å². The maximum atomic E-state index is 9.53. The normalized spacial score (nSPS) is 38.1. The van der Waals surface area contributed by atoms with Crippen LogP contribution in [0.3, 0.4) is 0 Å². The van der Waals surface area contributed by atoms with Crippen LogP contribution in [0.1, 0.15) is 57.9 Å². The summed E-state index contributed by atoms with van der Waals surface area (Å²) >= 11 is 0. The Morgan fingerprint density at radius 3 is 2.53 bits per heavy atom. The first-order valence-electron chi connectivity index (χ1n) is 7.91. The molecule has 0 aromatic heterocycles. The minimum Gasteiger partial charge on any atom is -0.508 e. The van der Waals surface area contributed by atoms with Crippen molar-refractivity contribution in [1.29, 1.82) is 0 Å². The second-order valence-electron chi connectivity index (χ2n) is 7.16. The molecule has 2 saturated carbocycles. The Labute approximate surface area is 117 Å². The lowest BCUT2D eigenvalue weighted by atomic mass is 9.54. The molecule has 2 aliphatic rings. The number of hydrogen-bond donors (Lipinski definition) is 1. The number of fused-ring (bicyclic) bond motifs is 2. The average molecular weight is 258 g/mol. The second-order valence-corrected chi connectivity index (χ2v) is 7.16. The lowest BCUT2D eigenvalue weighted by molar-refractivity contribution is 0.0702. The Morgan fingerprint density at radius 2 is 1.84 bits per heavy atom. The number of rotatable bonds is 2. The average Bonchev–Trinajstić information content (AvgIpc) is 2.37. The van der Waals surface area contributed by atoms with Crippen LogP contribution in [0.25, 0.3) is 0 Å². The summed E-state index contributed by atoms with van der Waals surface area (Å²) in [6.45, 7) is 4.77. The SMILES string of the molecule is CCC1CC2CC(C)CC(c3ccc(O)cc3)(C1)C2. The van der Waals surface area contributed by atoms with Crippen molar-refractivity contribution in [2.45, 2.75) is 57.8 Å². The molecule has 2 bridgehead atoms. The van der Waals surface area contributed by atoms with Gasteiger partial charge in [0, 0.05) is 0 Å². The lowest BCUT2D eigenvalue weighted by Crippen LogP contribution is -2.42. The van der Waals surface area contributed by atoms with E-state index in [0.29, 0.717) is 11.2 Å². The topological polar surface area (TPSA) is 20.2 Å². The second kappa shape index (κ2) is 4.85. The molecule has 1 aromatic rings. The van der Waals surface area contributed by atoms with E-state index in [0.717, 1.165) is 17.8 Å². The van der Waals surface area contributed by atoms with Crippen LogP contribution in [0, 0.1) is 17.8 Å². The fraction of sp³-hybridized carbons (Fsp3) is 0.667. The summed E-state index contributed by atoms with van der Waals surface area (Å²) in [5.41, 5.74) is 1.87. The quantitative estimate of drug-likeness (QED) is 0.801. The van der Waals surface area contributed by atoms with E-state index in [4.69, 9.17) is 0 Å². The van der Waals surface area contributed by atoms with Gasteiger partial charge in [-0.3, -0.25) is 0 Å². The zero-order valence-electron chi connectivity index (χ0n) is 12.2. The van der Waals surface area contributed by atoms with E-state index in [1.165, 1.54) is 44.1 Å². The van der Waals surface area contributed by atoms with Crippen LogP contribution in [0.15, 0.2) is 24.3 Å². The van der Waals surface area contributed by atoms with Gasteiger partial charge >= 0.3 is 0 Å². The van der Waals surface area contributed by atoms with Crippen LogP contribution in [-0.4, -0.2) is 5.11 Å². The lowest BCUT2D eigenvalue weighted by Gasteiger charge is -2.51. The predicted octanol–water partition coefficient (Wildman–Crippen LogP) is 4.89. The van der Waals surface area contributed by atoms with Crippen molar-refractivity contribution in [3.8, 4) is 5.75 Å². The number of phenolic OH excluding ortho intramolecular Hbond substituents is 1. The molecule has 2 aliphatic carbocycles. The van der Waals surface area contributed by atoms with Crippen molar-refractivity contribution >= 4 is 0 Å². The molecule has 2 fully saturated rings. The summed E-state index contributed by atoms with van der Waals surface area (Å²) in [5.74, 6) is 3.07. The third kappa shape index (κ3) is 2.40. The van der Waals surface area contributed by atoms with Gasteiger partial charge in [0.1, 0.15) is 5.75 Å². The first-order valence-corrected chi connectivity index (χ1v) is 7.91. The van der Waals surface area contributed by atoms with Crippen molar-refractivity contribution in [1.82, 2.24) is 0 Å². The Bertz CT molecular complexity index is 432. The van der Waals surface area contributed by atoms with Crippen LogP contribution in [0.2, 0.25) is 0 Å². The summed E-state index contributed by atoms with van der Waals surface area (Å²) in [5, 5.41) is 9.53. The Kier molecular flexibility index (Phi) is 3.32. The van der Waals surface area contributed by atoms with Crippen molar-refractivity contribution < 1.29 is 5.11 Å². The largest absolute Gasteiger partial charge is 0.508 e. The monoisotopic (exact) mass is 258 g/mol. The van der Waals surface area contributed by atoms with E-state index >= 15 is 0 Å². The first-order chi connectivity index (χ1) is 9.11. The van der Waals surface area contributed by atoms with E-state index in [1.807, 2.05) is 12.1 Å². The van der Waals surface area contributed by atoms with Gasteiger partial charge < -0.3 is 5.11 Å². The maximum Gasteiger partial charge on any atom is 0.115 e. The third-order valence-electron chi connectivity index (χ3n) is 5.56. The molecule has 19 heavy (non-hydrogen) atoms. The minimum absolute atomic E-state index is 0.392. The van der Waals surface area contributed by atoms with Gasteiger partial charge in [0.05, 0.1) is 0 Å². The maximum absolute atomic E-state index is 9.53. The van der Waals surface area contributed by atoms with Crippen LogP contribution >= 0.6 is 0 Å². The first kappa shape index (κ1) is 13.0. The van der Waals surface area contributed by atoms with Crippen LogP contribution in [-0.2, 0) is 5.41 Å². The molecule has 104 valence electrons. The van der Waals surface area contributed by atoms with Gasteiger partial charge in [-0.05, 0) is 73.0 Å². The van der Waals surface area contributed by atoms with Gasteiger partial charge in [-0.2, -0.15) is 0 Å². The Hall–Kier alpha value is -0.980. The number of phenols is 1. The molecule has 3 rings (SSSR count). The zero-order chi connectivity index (χ0) is 13.5. The molecule has 1 heteroatoms. The van der Waals surface area contributed by atoms with Crippen molar-refractivity contribution in [3.05, 3.63) is 29.8 Å². The molecule has 0 saturated heterocycles. The van der Waals surface area contributed by atoms with Crippen LogP contribution < -0.4 is 0 Å². The summed E-state index contributed by atoms with van der Waals surface area (Å²) in [6, 6.07) is 8.08. The van der Waals surface area contributed by atoms with E-state index in [2.05, 4.69) is 26.0 Å². The molecule has 1 aromatic carbocycles. The number of hydrogen-bond acceptors (Lipinski definition) is 1. The summed E-state index contributed by atoms with van der Waals surface area (Å²) in [6.07, 6.45) is 8.26. The summed E-state index contributed by atoms with van der Waals surface area (Å²) in [4.78, 5) is 0. The van der Waals surface area contributed by atoms with Gasteiger partial charge in [-0.1, -0.05) is 32.4 Å². The molecule has 0 heterocycles.